The first-order valence-corrected chi connectivity index (χ1v) is 6.09. The first kappa shape index (κ1) is 12.0. The van der Waals surface area contributed by atoms with Gasteiger partial charge in [0.15, 0.2) is 5.89 Å². The quantitative estimate of drug-likeness (QED) is 0.875. The lowest BCUT2D eigenvalue weighted by atomic mass is 10.2. The van der Waals surface area contributed by atoms with Crippen molar-refractivity contribution in [1.82, 2.24) is 15.2 Å². The number of hydrogen-bond donors (Lipinski definition) is 1. The van der Waals surface area contributed by atoms with Crippen molar-refractivity contribution in [3.63, 3.8) is 0 Å². The standard InChI is InChI=1S/C12H19N3O2/c1-9-13-7-11(17-9)8-14-12(16)15(2)10-5-3-4-6-10/h7,10H,3-6,8H2,1-2H3,(H,14,16). The summed E-state index contributed by atoms with van der Waals surface area (Å²) in [6.07, 6.45) is 6.33. The minimum atomic E-state index is -0.0362. The summed E-state index contributed by atoms with van der Waals surface area (Å²) in [5.41, 5.74) is 0. The van der Waals surface area contributed by atoms with E-state index in [9.17, 15) is 4.79 Å². The summed E-state index contributed by atoms with van der Waals surface area (Å²) in [7, 11) is 1.86. The average Bonchev–Trinajstić information content (AvgIpc) is 2.95. The van der Waals surface area contributed by atoms with Gasteiger partial charge in [-0.05, 0) is 12.8 Å². The molecule has 0 atom stereocenters. The molecule has 1 saturated carbocycles. The Morgan fingerprint density at radius 1 is 1.59 bits per heavy atom. The van der Waals surface area contributed by atoms with E-state index in [1.165, 1.54) is 12.8 Å². The lowest BCUT2D eigenvalue weighted by Crippen LogP contribution is -2.42. The fourth-order valence-corrected chi connectivity index (χ4v) is 2.23. The van der Waals surface area contributed by atoms with Crippen LogP contribution in [0.15, 0.2) is 10.6 Å². The maximum atomic E-state index is 11.9. The van der Waals surface area contributed by atoms with Gasteiger partial charge in [0.2, 0.25) is 0 Å². The third kappa shape index (κ3) is 2.99. The molecule has 0 aromatic carbocycles. The molecule has 1 heterocycles. The second-order valence-electron chi connectivity index (χ2n) is 4.55. The van der Waals surface area contributed by atoms with Crippen molar-refractivity contribution in [3.8, 4) is 0 Å². The van der Waals surface area contributed by atoms with Crippen LogP contribution in [-0.4, -0.2) is 29.0 Å². The van der Waals surface area contributed by atoms with Crippen molar-refractivity contribution in [2.45, 2.75) is 45.2 Å². The summed E-state index contributed by atoms with van der Waals surface area (Å²) in [5.74, 6) is 1.31. The van der Waals surface area contributed by atoms with Crippen molar-refractivity contribution in [2.24, 2.45) is 0 Å². The van der Waals surface area contributed by atoms with E-state index in [-0.39, 0.29) is 6.03 Å². The van der Waals surface area contributed by atoms with Gasteiger partial charge in [-0.15, -0.1) is 0 Å². The van der Waals surface area contributed by atoms with Gasteiger partial charge in [0.25, 0.3) is 0 Å². The van der Waals surface area contributed by atoms with Crippen LogP contribution in [0.3, 0.4) is 0 Å². The summed E-state index contributed by atoms with van der Waals surface area (Å²) in [6.45, 7) is 2.19. The van der Waals surface area contributed by atoms with Crippen LogP contribution in [0.2, 0.25) is 0 Å². The fourth-order valence-electron chi connectivity index (χ4n) is 2.23. The van der Waals surface area contributed by atoms with Gasteiger partial charge in [0.05, 0.1) is 12.7 Å². The van der Waals surface area contributed by atoms with E-state index in [4.69, 9.17) is 4.42 Å². The number of amides is 2. The van der Waals surface area contributed by atoms with Gasteiger partial charge in [-0.3, -0.25) is 0 Å². The summed E-state index contributed by atoms with van der Waals surface area (Å²) in [4.78, 5) is 17.7. The Morgan fingerprint density at radius 2 is 2.29 bits per heavy atom. The largest absolute Gasteiger partial charge is 0.444 e. The molecule has 0 radical (unpaired) electrons. The fraction of sp³-hybridized carbons (Fsp3) is 0.667. The molecule has 2 rings (SSSR count). The molecule has 94 valence electrons. The molecule has 5 heteroatoms. The monoisotopic (exact) mass is 237 g/mol. The van der Waals surface area contributed by atoms with Crippen LogP contribution in [0.1, 0.15) is 37.3 Å². The number of nitrogens with zero attached hydrogens (tertiary/aromatic N) is 2. The Morgan fingerprint density at radius 3 is 2.88 bits per heavy atom. The minimum absolute atomic E-state index is 0.0362. The highest BCUT2D eigenvalue weighted by molar-refractivity contribution is 5.74. The molecule has 1 fully saturated rings. The molecule has 1 aromatic heterocycles. The third-order valence-corrected chi connectivity index (χ3v) is 3.28. The van der Waals surface area contributed by atoms with Crippen molar-refractivity contribution < 1.29 is 9.21 Å². The first-order valence-electron chi connectivity index (χ1n) is 6.09. The minimum Gasteiger partial charge on any atom is -0.444 e. The number of hydrogen-bond acceptors (Lipinski definition) is 3. The van der Waals surface area contributed by atoms with E-state index in [2.05, 4.69) is 10.3 Å². The molecule has 1 aliphatic rings. The van der Waals surface area contributed by atoms with Crippen LogP contribution in [-0.2, 0) is 6.54 Å². The summed E-state index contributed by atoms with van der Waals surface area (Å²) in [6, 6.07) is 0.359. The van der Waals surface area contributed by atoms with Gasteiger partial charge in [-0.2, -0.15) is 0 Å². The highest BCUT2D eigenvalue weighted by atomic mass is 16.4. The van der Waals surface area contributed by atoms with Gasteiger partial charge in [0.1, 0.15) is 5.76 Å². The Labute approximate surface area is 101 Å². The van der Waals surface area contributed by atoms with Crippen LogP contribution in [0.25, 0.3) is 0 Å². The molecular formula is C12H19N3O2. The molecule has 0 bridgehead atoms. The molecule has 1 aromatic rings. The molecule has 2 amide bonds. The van der Waals surface area contributed by atoms with Crippen LogP contribution >= 0.6 is 0 Å². The summed E-state index contributed by atoms with van der Waals surface area (Å²) < 4.78 is 5.29. The summed E-state index contributed by atoms with van der Waals surface area (Å²) in [5, 5.41) is 2.84. The zero-order chi connectivity index (χ0) is 12.3. The van der Waals surface area contributed by atoms with Gasteiger partial charge >= 0.3 is 6.03 Å². The average molecular weight is 237 g/mol. The number of rotatable bonds is 3. The highest BCUT2D eigenvalue weighted by Gasteiger charge is 2.23. The van der Waals surface area contributed by atoms with E-state index in [1.54, 1.807) is 18.0 Å². The van der Waals surface area contributed by atoms with E-state index < -0.39 is 0 Å². The maximum Gasteiger partial charge on any atom is 0.317 e. The number of carbonyl (C=O) groups excluding carboxylic acids is 1. The molecule has 0 unspecified atom stereocenters. The molecule has 0 saturated heterocycles. The predicted molar refractivity (Wildman–Crippen MR) is 63.5 cm³/mol. The summed E-state index contributed by atoms with van der Waals surface area (Å²) >= 11 is 0. The topological polar surface area (TPSA) is 58.4 Å². The van der Waals surface area contributed by atoms with Crippen LogP contribution in [0.5, 0.6) is 0 Å². The smallest absolute Gasteiger partial charge is 0.317 e. The van der Waals surface area contributed by atoms with Crippen LogP contribution in [0, 0.1) is 6.92 Å². The molecule has 0 spiro atoms. The van der Waals surface area contributed by atoms with Gasteiger partial charge in [-0.1, -0.05) is 12.8 Å². The van der Waals surface area contributed by atoms with Crippen molar-refractivity contribution in [2.75, 3.05) is 7.05 Å². The maximum absolute atomic E-state index is 11.9. The van der Waals surface area contributed by atoms with E-state index in [1.807, 2.05) is 7.05 Å². The van der Waals surface area contributed by atoms with E-state index in [0.29, 0.717) is 24.2 Å². The lowest BCUT2D eigenvalue weighted by molar-refractivity contribution is 0.189. The van der Waals surface area contributed by atoms with Crippen LogP contribution < -0.4 is 5.32 Å². The number of nitrogens with one attached hydrogen (secondary N) is 1. The normalized spacial score (nSPS) is 16.1. The van der Waals surface area contributed by atoms with Gasteiger partial charge in [-0.25, -0.2) is 9.78 Å². The lowest BCUT2D eigenvalue weighted by Gasteiger charge is -2.24. The van der Waals surface area contributed by atoms with Gasteiger partial charge < -0.3 is 14.6 Å². The van der Waals surface area contributed by atoms with Crippen molar-refractivity contribution in [3.05, 3.63) is 17.8 Å². The molecule has 17 heavy (non-hydrogen) atoms. The molecular weight excluding hydrogens is 218 g/mol. The van der Waals surface area contributed by atoms with Crippen LogP contribution in [0.4, 0.5) is 4.79 Å². The second kappa shape index (κ2) is 5.21. The number of aromatic nitrogens is 1. The molecule has 1 N–H and O–H groups in total. The van der Waals surface area contributed by atoms with Crippen molar-refractivity contribution in [1.29, 1.82) is 0 Å². The number of carbonyl (C=O) groups is 1. The van der Waals surface area contributed by atoms with Crippen molar-refractivity contribution >= 4 is 6.03 Å². The van der Waals surface area contributed by atoms with E-state index >= 15 is 0 Å². The Kier molecular flexibility index (Phi) is 3.66. The highest BCUT2D eigenvalue weighted by Crippen LogP contribution is 2.22. The van der Waals surface area contributed by atoms with Gasteiger partial charge in [0, 0.05) is 20.0 Å². The molecule has 1 aliphatic carbocycles. The molecule has 5 nitrogen and oxygen atoms in total. The Hall–Kier alpha value is -1.52. The SMILES string of the molecule is Cc1ncc(CNC(=O)N(C)C2CCCC2)o1. The number of urea groups is 1. The first-order chi connectivity index (χ1) is 8.16. The number of oxazole rings is 1. The second-order valence-corrected chi connectivity index (χ2v) is 4.55. The third-order valence-electron chi connectivity index (χ3n) is 3.28. The van der Waals surface area contributed by atoms with E-state index in [0.717, 1.165) is 12.8 Å². The predicted octanol–water partition coefficient (Wildman–Crippen LogP) is 2.07. The zero-order valence-electron chi connectivity index (χ0n) is 10.4. The Balaban J connectivity index is 1.80. The Bertz CT molecular complexity index is 383. The number of aryl methyl sites for hydroxylation is 1. The zero-order valence-corrected chi connectivity index (χ0v) is 10.4. The molecule has 0 aliphatic heterocycles.